The number of rotatable bonds is 4. The number of methoxy groups -OCH3 is 1. The minimum Gasteiger partial charge on any atom is -0.494 e. The second kappa shape index (κ2) is 5.46. The molecule has 0 aromatic heterocycles. The summed E-state index contributed by atoms with van der Waals surface area (Å²) in [5, 5.41) is 12.2. The number of nitrogens with one attached hydrogen (secondary N) is 1. The molecule has 2 N–H and O–H groups in total. The number of halogens is 1. The molecule has 0 fully saturated rings. The van der Waals surface area contributed by atoms with Gasteiger partial charge in [-0.1, -0.05) is 6.07 Å². The Balaban J connectivity index is 2.75. The van der Waals surface area contributed by atoms with Gasteiger partial charge in [0.15, 0.2) is 11.6 Å². The first kappa shape index (κ1) is 12.4. The molecule has 1 unspecified atom stereocenters. The highest BCUT2D eigenvalue weighted by atomic mass is 19.1. The molecule has 1 amide bonds. The summed E-state index contributed by atoms with van der Waals surface area (Å²) in [7, 11) is 1.35. The normalized spacial score (nSPS) is 12.0. The lowest BCUT2D eigenvalue weighted by molar-refractivity contribution is -0.119. The average Bonchev–Trinajstić information content (AvgIpc) is 2.26. The summed E-state index contributed by atoms with van der Waals surface area (Å²) >= 11 is 0. The smallest absolute Gasteiger partial charge is 0.216 e. The third-order valence-electron chi connectivity index (χ3n) is 2.10. The molecule has 5 heteroatoms. The van der Waals surface area contributed by atoms with E-state index < -0.39 is 11.9 Å². The molecule has 0 aliphatic carbocycles. The van der Waals surface area contributed by atoms with Gasteiger partial charge in [-0.05, 0) is 17.7 Å². The summed E-state index contributed by atoms with van der Waals surface area (Å²) in [6, 6.07) is 4.07. The third kappa shape index (κ3) is 3.20. The van der Waals surface area contributed by atoms with Crippen LogP contribution in [0.2, 0.25) is 0 Å². The van der Waals surface area contributed by atoms with Crippen molar-refractivity contribution >= 4 is 5.91 Å². The second-order valence-corrected chi connectivity index (χ2v) is 3.35. The van der Waals surface area contributed by atoms with Gasteiger partial charge in [-0.25, -0.2) is 4.39 Å². The lowest BCUT2D eigenvalue weighted by Gasteiger charge is -2.12. The minimum atomic E-state index is -0.876. The molecule has 16 heavy (non-hydrogen) atoms. The zero-order valence-corrected chi connectivity index (χ0v) is 9.16. The quantitative estimate of drug-likeness (QED) is 0.806. The van der Waals surface area contributed by atoms with E-state index in [0.717, 1.165) is 0 Å². The molecule has 0 aliphatic rings. The van der Waals surface area contributed by atoms with E-state index in [-0.39, 0.29) is 18.2 Å². The number of amides is 1. The lowest BCUT2D eigenvalue weighted by Crippen LogP contribution is -2.25. The largest absolute Gasteiger partial charge is 0.494 e. The number of aliphatic hydroxyl groups is 1. The van der Waals surface area contributed by atoms with Gasteiger partial charge in [-0.15, -0.1) is 0 Å². The predicted octanol–water partition coefficient (Wildman–Crippen LogP) is 1.00. The molecule has 0 saturated carbocycles. The second-order valence-electron chi connectivity index (χ2n) is 3.35. The van der Waals surface area contributed by atoms with Crippen molar-refractivity contribution in [2.75, 3.05) is 13.7 Å². The van der Waals surface area contributed by atoms with E-state index in [9.17, 15) is 14.3 Å². The van der Waals surface area contributed by atoms with E-state index in [1.54, 1.807) is 0 Å². The highest BCUT2D eigenvalue weighted by Crippen LogP contribution is 2.22. The zero-order chi connectivity index (χ0) is 12.1. The maximum atomic E-state index is 13.1. The van der Waals surface area contributed by atoms with Crippen molar-refractivity contribution in [3.63, 3.8) is 0 Å². The van der Waals surface area contributed by atoms with Crippen molar-refractivity contribution < 1.29 is 19.0 Å². The summed E-state index contributed by atoms with van der Waals surface area (Å²) in [6.07, 6.45) is -0.876. The molecular formula is C11H14FNO3. The highest BCUT2D eigenvalue weighted by molar-refractivity contribution is 5.72. The fourth-order valence-electron chi connectivity index (χ4n) is 1.24. The number of carbonyl (C=O) groups is 1. The summed E-state index contributed by atoms with van der Waals surface area (Å²) in [4.78, 5) is 10.6. The molecule has 0 heterocycles. The standard InChI is InChI=1S/C11H14FNO3/c1-7(14)13-6-10(15)8-3-4-9(12)11(5-8)16-2/h3-5,10,15H,6H2,1-2H3,(H,13,14). The number of aliphatic hydroxyl groups excluding tert-OH is 1. The number of hydrogen-bond donors (Lipinski definition) is 2. The number of ether oxygens (including phenoxy) is 1. The van der Waals surface area contributed by atoms with Crippen LogP contribution in [-0.4, -0.2) is 24.7 Å². The SMILES string of the molecule is COc1cc(C(O)CNC(C)=O)ccc1F. The van der Waals surface area contributed by atoms with Crippen molar-refractivity contribution in [1.82, 2.24) is 5.32 Å². The predicted molar refractivity (Wildman–Crippen MR) is 56.6 cm³/mol. The Bertz CT molecular complexity index is 381. The van der Waals surface area contributed by atoms with Gasteiger partial charge in [0.1, 0.15) is 0 Å². The first-order valence-electron chi connectivity index (χ1n) is 4.80. The van der Waals surface area contributed by atoms with Crippen LogP contribution < -0.4 is 10.1 Å². The first-order chi connectivity index (χ1) is 7.54. The molecule has 0 radical (unpaired) electrons. The monoisotopic (exact) mass is 227 g/mol. The van der Waals surface area contributed by atoms with Crippen LogP contribution in [0.15, 0.2) is 18.2 Å². The molecule has 0 spiro atoms. The van der Waals surface area contributed by atoms with Crippen molar-refractivity contribution in [3.8, 4) is 5.75 Å². The van der Waals surface area contributed by atoms with Crippen LogP contribution in [0.25, 0.3) is 0 Å². The third-order valence-corrected chi connectivity index (χ3v) is 2.10. The van der Waals surface area contributed by atoms with E-state index in [1.165, 1.54) is 32.2 Å². The van der Waals surface area contributed by atoms with Crippen LogP contribution >= 0.6 is 0 Å². The van der Waals surface area contributed by atoms with Crippen LogP contribution in [0.1, 0.15) is 18.6 Å². The molecular weight excluding hydrogens is 213 g/mol. The maximum absolute atomic E-state index is 13.1. The van der Waals surface area contributed by atoms with E-state index in [0.29, 0.717) is 5.56 Å². The number of carbonyl (C=O) groups excluding carboxylic acids is 1. The topological polar surface area (TPSA) is 58.6 Å². The van der Waals surface area contributed by atoms with Gasteiger partial charge in [0.05, 0.1) is 13.2 Å². The zero-order valence-electron chi connectivity index (χ0n) is 9.16. The Kier molecular flexibility index (Phi) is 4.25. The Labute approximate surface area is 93.0 Å². The van der Waals surface area contributed by atoms with Gasteiger partial charge in [-0.2, -0.15) is 0 Å². The van der Waals surface area contributed by atoms with Crippen LogP contribution in [0.4, 0.5) is 4.39 Å². The van der Waals surface area contributed by atoms with E-state index >= 15 is 0 Å². The fourth-order valence-corrected chi connectivity index (χ4v) is 1.24. The summed E-state index contributed by atoms with van der Waals surface area (Å²) < 4.78 is 17.9. The van der Waals surface area contributed by atoms with E-state index in [4.69, 9.17) is 4.74 Å². The lowest BCUT2D eigenvalue weighted by atomic mass is 10.1. The Hall–Kier alpha value is -1.62. The van der Waals surface area contributed by atoms with Gasteiger partial charge in [0, 0.05) is 13.5 Å². The van der Waals surface area contributed by atoms with Crippen LogP contribution in [0.3, 0.4) is 0 Å². The van der Waals surface area contributed by atoms with Gasteiger partial charge < -0.3 is 15.2 Å². The Morgan fingerprint density at radius 2 is 2.31 bits per heavy atom. The molecule has 1 aromatic rings. The van der Waals surface area contributed by atoms with Crippen LogP contribution in [-0.2, 0) is 4.79 Å². The average molecular weight is 227 g/mol. The molecule has 0 bridgehead atoms. The summed E-state index contributed by atoms with van der Waals surface area (Å²) in [5.41, 5.74) is 0.493. The molecule has 1 rings (SSSR count). The molecule has 4 nitrogen and oxygen atoms in total. The van der Waals surface area contributed by atoms with Crippen LogP contribution in [0.5, 0.6) is 5.75 Å². The van der Waals surface area contributed by atoms with E-state index in [1.807, 2.05) is 0 Å². The van der Waals surface area contributed by atoms with Gasteiger partial charge in [0.25, 0.3) is 0 Å². The van der Waals surface area contributed by atoms with Crippen molar-refractivity contribution in [2.45, 2.75) is 13.0 Å². The van der Waals surface area contributed by atoms with Gasteiger partial charge in [-0.3, -0.25) is 4.79 Å². The fraction of sp³-hybridized carbons (Fsp3) is 0.364. The van der Waals surface area contributed by atoms with Crippen molar-refractivity contribution in [1.29, 1.82) is 0 Å². The van der Waals surface area contributed by atoms with Crippen molar-refractivity contribution in [3.05, 3.63) is 29.6 Å². The van der Waals surface area contributed by atoms with Crippen molar-refractivity contribution in [2.24, 2.45) is 0 Å². The molecule has 1 aromatic carbocycles. The van der Waals surface area contributed by atoms with Gasteiger partial charge >= 0.3 is 0 Å². The summed E-state index contributed by atoms with van der Waals surface area (Å²) in [5.74, 6) is -0.648. The van der Waals surface area contributed by atoms with Crippen LogP contribution in [0, 0.1) is 5.82 Å². The summed E-state index contributed by atoms with van der Waals surface area (Å²) in [6.45, 7) is 1.45. The molecule has 88 valence electrons. The van der Waals surface area contributed by atoms with E-state index in [2.05, 4.69) is 5.32 Å². The Morgan fingerprint density at radius 3 is 2.88 bits per heavy atom. The van der Waals surface area contributed by atoms with Gasteiger partial charge in [0.2, 0.25) is 5.91 Å². The number of hydrogen-bond acceptors (Lipinski definition) is 3. The Morgan fingerprint density at radius 1 is 1.62 bits per heavy atom. The molecule has 1 atom stereocenters. The molecule has 0 aliphatic heterocycles. The highest BCUT2D eigenvalue weighted by Gasteiger charge is 2.11. The maximum Gasteiger partial charge on any atom is 0.216 e. The number of benzene rings is 1. The molecule has 0 saturated heterocycles. The first-order valence-corrected chi connectivity index (χ1v) is 4.80. The minimum absolute atomic E-state index is 0.0689.